The van der Waals surface area contributed by atoms with Crippen molar-refractivity contribution in [2.75, 3.05) is 36.4 Å². The summed E-state index contributed by atoms with van der Waals surface area (Å²) in [6, 6.07) is 2.55. The quantitative estimate of drug-likeness (QED) is 0.684. The number of hydrogen-bond acceptors (Lipinski definition) is 5. The van der Waals surface area contributed by atoms with Crippen LogP contribution in [0.3, 0.4) is 0 Å². The first-order chi connectivity index (χ1) is 14.5. The van der Waals surface area contributed by atoms with Gasteiger partial charge < -0.3 is 15.5 Å². The molecular weight excluding hydrogens is 370 g/mol. The van der Waals surface area contributed by atoms with Crippen LogP contribution in [-0.2, 0) is 0 Å². The topological polar surface area (TPSA) is 53.1 Å². The lowest BCUT2D eigenvalue weighted by molar-refractivity contribution is -0.00579. The van der Waals surface area contributed by atoms with Crippen LogP contribution in [0, 0.1) is 17.3 Å². The molecule has 0 aromatic carbocycles. The summed E-state index contributed by atoms with van der Waals surface area (Å²) in [7, 11) is 0. The van der Waals surface area contributed by atoms with E-state index in [9.17, 15) is 0 Å². The van der Waals surface area contributed by atoms with E-state index in [2.05, 4.69) is 47.4 Å². The third kappa shape index (κ3) is 4.99. The van der Waals surface area contributed by atoms with Crippen LogP contribution >= 0.6 is 0 Å². The van der Waals surface area contributed by atoms with Crippen molar-refractivity contribution >= 4 is 11.8 Å². The molecule has 166 valence electrons. The van der Waals surface area contributed by atoms with Gasteiger partial charge in [0, 0.05) is 25.3 Å². The molecule has 3 heterocycles. The first-order valence-corrected chi connectivity index (χ1v) is 12.3. The molecule has 3 aliphatic carbocycles. The van der Waals surface area contributed by atoms with Crippen LogP contribution in [0.2, 0.25) is 0 Å². The molecule has 2 bridgehead atoms. The third-order valence-electron chi connectivity index (χ3n) is 7.99. The fraction of sp³-hybridized carbons (Fsp3) is 0.760. The van der Waals surface area contributed by atoms with Crippen molar-refractivity contribution in [3.05, 3.63) is 23.9 Å². The predicted octanol–water partition coefficient (Wildman–Crippen LogP) is 5.02. The molecule has 2 N–H and O–H groups in total. The first kappa shape index (κ1) is 21.6. The number of rotatable bonds is 3. The first-order valence-electron chi connectivity index (χ1n) is 12.3. The van der Waals surface area contributed by atoms with Gasteiger partial charge in [0.05, 0.1) is 0 Å². The van der Waals surface area contributed by atoms with E-state index in [1.807, 2.05) is 12.3 Å². The van der Waals surface area contributed by atoms with Crippen molar-refractivity contribution in [2.24, 2.45) is 17.3 Å². The summed E-state index contributed by atoms with van der Waals surface area (Å²) in [5.41, 5.74) is 2.28. The maximum absolute atomic E-state index is 4.72. The molecule has 0 unspecified atom stereocenters. The Morgan fingerprint density at radius 3 is 2.43 bits per heavy atom. The minimum absolute atomic E-state index is 0.510. The summed E-state index contributed by atoms with van der Waals surface area (Å²) in [6.45, 7) is 11.6. The van der Waals surface area contributed by atoms with Gasteiger partial charge in [0.1, 0.15) is 5.82 Å². The number of anilines is 2. The van der Waals surface area contributed by atoms with E-state index in [0.717, 1.165) is 62.6 Å². The highest BCUT2D eigenvalue weighted by Crippen LogP contribution is 2.58. The second-order valence-electron chi connectivity index (χ2n) is 10.3. The SMILES string of the molecule is CC1=CC[C@H]2C[C@@H]1C2(C)C.c1cc(N2CCCCCC2)nc(NC2CCNCC2)n1. The highest BCUT2D eigenvalue weighted by atomic mass is 15.2. The summed E-state index contributed by atoms with van der Waals surface area (Å²) in [5.74, 6) is 3.80. The zero-order valence-electron chi connectivity index (χ0n) is 19.3. The Morgan fingerprint density at radius 2 is 1.83 bits per heavy atom. The Bertz CT molecular complexity index is 714. The van der Waals surface area contributed by atoms with Crippen molar-refractivity contribution in [2.45, 2.75) is 78.2 Å². The number of nitrogens with one attached hydrogen (secondary N) is 2. The number of hydrogen-bond donors (Lipinski definition) is 2. The largest absolute Gasteiger partial charge is 0.356 e. The maximum Gasteiger partial charge on any atom is 0.224 e. The highest BCUT2D eigenvalue weighted by Gasteiger charge is 2.49. The van der Waals surface area contributed by atoms with Gasteiger partial charge in [0.2, 0.25) is 5.95 Å². The molecule has 5 nitrogen and oxygen atoms in total. The van der Waals surface area contributed by atoms with E-state index >= 15 is 0 Å². The zero-order valence-corrected chi connectivity index (χ0v) is 19.3. The van der Waals surface area contributed by atoms with Crippen molar-refractivity contribution in [1.82, 2.24) is 15.3 Å². The molecule has 30 heavy (non-hydrogen) atoms. The van der Waals surface area contributed by atoms with Gasteiger partial charge in [-0.05, 0) is 81.9 Å². The molecule has 0 amide bonds. The molecule has 2 atom stereocenters. The summed E-state index contributed by atoms with van der Waals surface area (Å²) in [6.07, 6.45) is 14.7. The van der Waals surface area contributed by atoms with Gasteiger partial charge in [-0.3, -0.25) is 0 Å². The van der Waals surface area contributed by atoms with Crippen molar-refractivity contribution < 1.29 is 0 Å². The van der Waals surface area contributed by atoms with E-state index in [-0.39, 0.29) is 0 Å². The van der Waals surface area contributed by atoms with Crippen LogP contribution in [0.5, 0.6) is 0 Å². The number of piperidine rings is 1. The fourth-order valence-corrected chi connectivity index (χ4v) is 5.70. The van der Waals surface area contributed by atoms with Crippen LogP contribution in [0.15, 0.2) is 23.9 Å². The summed E-state index contributed by atoms with van der Waals surface area (Å²) >= 11 is 0. The normalized spacial score (nSPS) is 28.4. The molecule has 3 fully saturated rings. The number of fused-ring (bicyclic) bond motifs is 1. The van der Waals surface area contributed by atoms with Crippen molar-refractivity contribution in [3.63, 3.8) is 0 Å². The molecule has 2 saturated heterocycles. The van der Waals surface area contributed by atoms with Gasteiger partial charge in [-0.2, -0.15) is 4.98 Å². The standard InChI is InChI=1S/C15H25N5.C10H16/c1-2-4-12-20(11-3-1)14-7-10-17-15(19-14)18-13-5-8-16-9-6-13;1-7-4-5-8-6-9(7)10(8,2)3/h7,10,13,16H,1-6,8-9,11-12H2,(H,17,18,19);4,8-9H,5-6H2,1-3H3/t;8-,9-/m.0/s1. The highest BCUT2D eigenvalue weighted by molar-refractivity contribution is 5.43. The minimum atomic E-state index is 0.510. The lowest BCUT2D eigenvalue weighted by Gasteiger charge is -2.56. The Labute approximate surface area is 183 Å². The van der Waals surface area contributed by atoms with Crippen LogP contribution in [0.4, 0.5) is 11.8 Å². The summed E-state index contributed by atoms with van der Waals surface area (Å²) in [5, 5.41) is 6.87. The van der Waals surface area contributed by atoms with Crippen molar-refractivity contribution in [1.29, 1.82) is 0 Å². The average Bonchev–Trinajstić information content (AvgIpc) is 3.05. The third-order valence-corrected chi connectivity index (χ3v) is 7.99. The van der Waals surface area contributed by atoms with E-state index in [0.29, 0.717) is 11.5 Å². The molecule has 5 aliphatic rings. The second kappa shape index (κ2) is 9.67. The fourth-order valence-electron chi connectivity index (χ4n) is 5.70. The van der Waals surface area contributed by atoms with Gasteiger partial charge in [-0.15, -0.1) is 0 Å². The van der Waals surface area contributed by atoms with E-state index in [1.54, 1.807) is 5.57 Å². The van der Waals surface area contributed by atoms with Gasteiger partial charge in [0.15, 0.2) is 0 Å². The van der Waals surface area contributed by atoms with Gasteiger partial charge in [-0.25, -0.2) is 4.98 Å². The van der Waals surface area contributed by atoms with E-state index in [1.165, 1.54) is 38.5 Å². The molecule has 1 aromatic heterocycles. The smallest absolute Gasteiger partial charge is 0.224 e. The predicted molar refractivity (Wildman–Crippen MR) is 126 cm³/mol. The Kier molecular flexibility index (Phi) is 6.97. The molecule has 6 rings (SSSR count). The van der Waals surface area contributed by atoms with E-state index in [4.69, 9.17) is 4.98 Å². The lowest BCUT2D eigenvalue weighted by atomic mass is 9.49. The monoisotopic (exact) mass is 411 g/mol. The molecule has 1 aromatic rings. The average molecular weight is 412 g/mol. The molecule has 1 saturated carbocycles. The number of nitrogens with zero attached hydrogens (tertiary/aromatic N) is 3. The van der Waals surface area contributed by atoms with Gasteiger partial charge in [0.25, 0.3) is 0 Å². The summed E-state index contributed by atoms with van der Waals surface area (Å²) < 4.78 is 0. The lowest BCUT2D eigenvalue weighted by Crippen LogP contribution is -2.47. The molecule has 0 spiro atoms. The number of allylic oxidation sites excluding steroid dienone is 2. The zero-order chi connectivity index (χ0) is 21.0. The number of aromatic nitrogens is 2. The van der Waals surface area contributed by atoms with Crippen LogP contribution in [0.1, 0.15) is 72.1 Å². The molecular formula is C25H41N5. The summed E-state index contributed by atoms with van der Waals surface area (Å²) in [4.78, 5) is 11.5. The van der Waals surface area contributed by atoms with Crippen molar-refractivity contribution in [3.8, 4) is 0 Å². The van der Waals surface area contributed by atoms with Crippen LogP contribution in [0.25, 0.3) is 0 Å². The van der Waals surface area contributed by atoms with Crippen LogP contribution < -0.4 is 15.5 Å². The van der Waals surface area contributed by atoms with E-state index < -0.39 is 0 Å². The van der Waals surface area contributed by atoms with Gasteiger partial charge in [-0.1, -0.05) is 38.3 Å². The second-order valence-corrected chi connectivity index (χ2v) is 10.3. The maximum atomic E-state index is 4.72. The Balaban J connectivity index is 0.000000181. The Hall–Kier alpha value is -1.62. The minimum Gasteiger partial charge on any atom is -0.356 e. The Morgan fingerprint density at radius 1 is 1.10 bits per heavy atom. The molecule has 2 aliphatic heterocycles. The van der Waals surface area contributed by atoms with Crippen LogP contribution in [-0.4, -0.2) is 42.2 Å². The molecule has 0 radical (unpaired) electrons. The molecule has 5 heteroatoms. The van der Waals surface area contributed by atoms with Gasteiger partial charge >= 0.3 is 0 Å².